The Kier molecular flexibility index (Phi) is 5.76. The van der Waals surface area contributed by atoms with E-state index in [9.17, 15) is 18.0 Å². The molecule has 0 aliphatic rings. The molecule has 0 N–H and O–H groups in total. The number of aromatic nitrogens is 2. The van der Waals surface area contributed by atoms with Crippen molar-refractivity contribution in [3.63, 3.8) is 0 Å². The van der Waals surface area contributed by atoms with Crippen molar-refractivity contribution in [2.45, 2.75) is 26.1 Å². The average Bonchev–Trinajstić information content (AvgIpc) is 3.04. The first-order valence-corrected chi connectivity index (χ1v) is 8.00. The van der Waals surface area contributed by atoms with Crippen LogP contribution < -0.4 is 4.74 Å². The molecule has 0 spiro atoms. The summed E-state index contributed by atoms with van der Waals surface area (Å²) in [4.78, 5) is 12.7. The van der Waals surface area contributed by atoms with Gasteiger partial charge in [-0.3, -0.25) is 4.79 Å². The Morgan fingerprint density at radius 3 is 2.46 bits per heavy atom. The van der Waals surface area contributed by atoms with Crippen LogP contribution in [-0.2, 0) is 4.79 Å². The Morgan fingerprint density at radius 2 is 1.96 bits per heavy atom. The largest absolute Gasteiger partial charge is 0.484 e. The first kappa shape index (κ1) is 18.2. The van der Waals surface area contributed by atoms with E-state index in [-0.39, 0.29) is 0 Å². The quantitative estimate of drug-likeness (QED) is 0.793. The highest BCUT2D eigenvalue weighted by Gasteiger charge is 2.34. The molecule has 0 radical (unpaired) electrons. The van der Waals surface area contributed by atoms with Gasteiger partial charge in [0.2, 0.25) is 0 Å². The highest BCUT2D eigenvalue weighted by Crippen LogP contribution is 2.23. The van der Waals surface area contributed by atoms with E-state index in [2.05, 4.69) is 10.2 Å². The Hall–Kier alpha value is -2.16. The summed E-state index contributed by atoms with van der Waals surface area (Å²) in [5, 5.41) is 8.41. The Balaban J connectivity index is 1.95. The number of rotatable bonds is 6. The molecule has 0 unspecified atom stereocenters. The number of carbonyl (C=O) groups excluding carboxylic acids is 1. The van der Waals surface area contributed by atoms with Crippen molar-refractivity contribution in [3.8, 4) is 16.3 Å². The van der Waals surface area contributed by atoms with E-state index in [0.717, 1.165) is 15.5 Å². The van der Waals surface area contributed by atoms with Crippen molar-refractivity contribution >= 4 is 17.2 Å². The highest BCUT2D eigenvalue weighted by atomic mass is 32.1. The lowest BCUT2D eigenvalue weighted by molar-refractivity contribution is -0.165. The molecule has 0 aliphatic carbocycles. The average molecular weight is 359 g/mol. The summed E-state index contributed by atoms with van der Waals surface area (Å²) >= 11 is 1.38. The summed E-state index contributed by atoms with van der Waals surface area (Å²) in [5.41, 5.74) is 2.46. The van der Waals surface area contributed by atoms with Crippen LogP contribution >= 0.6 is 11.3 Å². The zero-order chi connectivity index (χ0) is 17.7. The molecule has 9 heteroatoms. The maximum atomic E-state index is 12.5. The summed E-state index contributed by atoms with van der Waals surface area (Å²) in [7, 11) is 0. The molecule has 1 amide bonds. The van der Waals surface area contributed by atoms with Gasteiger partial charge in [-0.05, 0) is 38.1 Å². The third-order valence-electron chi connectivity index (χ3n) is 3.12. The van der Waals surface area contributed by atoms with Crippen molar-refractivity contribution in [1.82, 2.24) is 15.1 Å². The van der Waals surface area contributed by atoms with Gasteiger partial charge in [0.05, 0.1) is 0 Å². The molecule has 1 aromatic carbocycles. The zero-order valence-corrected chi connectivity index (χ0v) is 13.9. The van der Waals surface area contributed by atoms with Crippen LogP contribution in [0.1, 0.15) is 13.8 Å². The van der Waals surface area contributed by atoms with Crippen molar-refractivity contribution in [2.75, 3.05) is 13.2 Å². The highest BCUT2D eigenvalue weighted by molar-refractivity contribution is 7.12. The van der Waals surface area contributed by atoms with Crippen LogP contribution in [0.25, 0.3) is 10.6 Å². The normalized spacial score (nSPS) is 11.6. The predicted molar refractivity (Wildman–Crippen MR) is 83.7 cm³/mol. The molecular formula is C15H16F3N3O2S. The zero-order valence-electron chi connectivity index (χ0n) is 13.1. The van der Waals surface area contributed by atoms with Crippen molar-refractivity contribution in [3.05, 3.63) is 29.8 Å². The van der Waals surface area contributed by atoms with Crippen LogP contribution in [0.15, 0.2) is 29.8 Å². The number of nitrogens with zero attached hydrogens (tertiary/aromatic N) is 3. The van der Waals surface area contributed by atoms with E-state index in [1.54, 1.807) is 29.8 Å². The lowest BCUT2D eigenvalue weighted by Crippen LogP contribution is -2.45. The Labute approximate surface area is 141 Å². The summed E-state index contributed by atoms with van der Waals surface area (Å²) in [6.45, 7) is 1.32. The Bertz CT molecular complexity index is 658. The van der Waals surface area contributed by atoms with Gasteiger partial charge < -0.3 is 9.64 Å². The monoisotopic (exact) mass is 359 g/mol. The number of carbonyl (C=O) groups is 1. The van der Waals surface area contributed by atoms with Crippen molar-refractivity contribution < 1.29 is 22.7 Å². The smallest absolute Gasteiger partial charge is 0.406 e. The van der Waals surface area contributed by atoms with E-state index < -0.39 is 31.3 Å². The molecule has 0 saturated heterocycles. The molecule has 0 aliphatic heterocycles. The predicted octanol–water partition coefficient (Wildman–Crippen LogP) is 3.38. The van der Waals surface area contributed by atoms with Crippen molar-refractivity contribution in [1.29, 1.82) is 0 Å². The maximum Gasteiger partial charge on any atom is 0.406 e. The number of hydrogen-bond acceptors (Lipinski definition) is 5. The lowest BCUT2D eigenvalue weighted by atomic mass is 10.2. The molecule has 0 atom stereocenters. The van der Waals surface area contributed by atoms with Gasteiger partial charge in [0.25, 0.3) is 5.91 Å². The standard InChI is InChI=1S/C15H16F3N3O2S/c1-10(2)21(8-15(16,17)18)13(22)7-23-12-5-3-11(4-6-12)14-20-19-9-24-14/h3-6,9-10H,7-8H2,1-2H3. The number of ether oxygens (including phenoxy) is 1. The van der Waals surface area contributed by atoms with Gasteiger partial charge in [-0.25, -0.2) is 0 Å². The SMILES string of the molecule is CC(C)N(CC(F)(F)F)C(=O)COc1ccc(-c2nncs2)cc1. The minimum atomic E-state index is -4.44. The summed E-state index contributed by atoms with van der Waals surface area (Å²) in [6.07, 6.45) is -4.44. The topological polar surface area (TPSA) is 55.3 Å². The fourth-order valence-corrected chi connectivity index (χ4v) is 2.53. The summed E-state index contributed by atoms with van der Waals surface area (Å²) in [6, 6.07) is 6.19. The molecule has 0 fully saturated rings. The van der Waals surface area contributed by atoms with Crippen LogP contribution in [-0.4, -0.2) is 46.4 Å². The molecule has 130 valence electrons. The van der Waals surface area contributed by atoms with Crippen LogP contribution in [0.2, 0.25) is 0 Å². The lowest BCUT2D eigenvalue weighted by Gasteiger charge is -2.27. The van der Waals surface area contributed by atoms with E-state index in [1.165, 1.54) is 25.2 Å². The van der Waals surface area contributed by atoms with Crippen LogP contribution in [0.3, 0.4) is 0 Å². The van der Waals surface area contributed by atoms with E-state index >= 15 is 0 Å². The molecule has 1 heterocycles. The third kappa shape index (κ3) is 5.19. The number of alkyl halides is 3. The fraction of sp³-hybridized carbons (Fsp3) is 0.400. The van der Waals surface area contributed by atoms with E-state index in [1.807, 2.05) is 0 Å². The second kappa shape index (κ2) is 7.61. The third-order valence-corrected chi connectivity index (χ3v) is 3.86. The van der Waals surface area contributed by atoms with Crippen LogP contribution in [0, 0.1) is 0 Å². The second-order valence-electron chi connectivity index (χ2n) is 5.29. The molecule has 2 rings (SSSR count). The molecule has 0 saturated carbocycles. The molecule has 24 heavy (non-hydrogen) atoms. The first-order valence-electron chi connectivity index (χ1n) is 7.12. The summed E-state index contributed by atoms with van der Waals surface area (Å²) in [5.74, 6) is -0.317. The fourth-order valence-electron chi connectivity index (χ4n) is 1.97. The van der Waals surface area contributed by atoms with Gasteiger partial charge in [0.15, 0.2) is 6.61 Å². The van der Waals surface area contributed by atoms with Crippen molar-refractivity contribution in [2.24, 2.45) is 0 Å². The minimum absolute atomic E-state index is 0.396. The number of hydrogen-bond donors (Lipinski definition) is 0. The minimum Gasteiger partial charge on any atom is -0.484 e. The number of amides is 1. The van der Waals surface area contributed by atoms with Gasteiger partial charge in [-0.1, -0.05) is 11.3 Å². The van der Waals surface area contributed by atoms with Gasteiger partial charge in [-0.2, -0.15) is 13.2 Å². The van der Waals surface area contributed by atoms with Crippen LogP contribution in [0.5, 0.6) is 5.75 Å². The van der Waals surface area contributed by atoms with E-state index in [0.29, 0.717) is 5.75 Å². The summed E-state index contributed by atoms with van der Waals surface area (Å²) < 4.78 is 42.9. The van der Waals surface area contributed by atoms with Crippen LogP contribution in [0.4, 0.5) is 13.2 Å². The second-order valence-corrected chi connectivity index (χ2v) is 6.12. The number of benzene rings is 1. The van der Waals surface area contributed by atoms with Gasteiger partial charge in [0, 0.05) is 11.6 Å². The molecule has 1 aromatic heterocycles. The van der Waals surface area contributed by atoms with Gasteiger partial charge in [0.1, 0.15) is 22.8 Å². The molecule has 5 nitrogen and oxygen atoms in total. The van der Waals surface area contributed by atoms with Gasteiger partial charge in [-0.15, -0.1) is 10.2 Å². The van der Waals surface area contributed by atoms with Gasteiger partial charge >= 0.3 is 6.18 Å². The van der Waals surface area contributed by atoms with E-state index in [4.69, 9.17) is 4.74 Å². The molecule has 2 aromatic rings. The molecule has 0 bridgehead atoms. The first-order chi connectivity index (χ1) is 11.3. The Morgan fingerprint density at radius 1 is 1.29 bits per heavy atom. The number of halogens is 3. The molecular weight excluding hydrogens is 343 g/mol. The maximum absolute atomic E-state index is 12.5.